The van der Waals surface area contributed by atoms with Crippen molar-refractivity contribution in [3.63, 3.8) is 0 Å². The molecular weight excluding hydrogens is 485 g/mol. The lowest BCUT2D eigenvalue weighted by Gasteiger charge is -2.33. The number of aromatic amines is 1. The molecule has 1 aliphatic heterocycles. The van der Waals surface area contributed by atoms with Gasteiger partial charge in [0.15, 0.2) is 9.84 Å². The predicted molar refractivity (Wildman–Crippen MR) is 135 cm³/mol. The molecule has 1 unspecified atom stereocenters. The molecule has 1 amide bonds. The molecule has 5 rings (SSSR count). The fraction of sp³-hybridized carbons (Fsp3) is 0.231. The van der Waals surface area contributed by atoms with Gasteiger partial charge >= 0.3 is 5.69 Å². The van der Waals surface area contributed by atoms with Gasteiger partial charge in [-0.2, -0.15) is 0 Å². The average Bonchev–Trinajstić information content (AvgIpc) is 3.18. The van der Waals surface area contributed by atoms with Gasteiger partial charge in [0.05, 0.1) is 28.7 Å². The lowest BCUT2D eigenvalue weighted by molar-refractivity contribution is -0.123. The van der Waals surface area contributed by atoms with Crippen molar-refractivity contribution in [2.45, 2.75) is 23.8 Å². The van der Waals surface area contributed by atoms with Crippen molar-refractivity contribution in [1.29, 1.82) is 0 Å². The highest BCUT2D eigenvalue weighted by Gasteiger charge is 2.34. The van der Waals surface area contributed by atoms with Crippen LogP contribution in [-0.2, 0) is 14.6 Å². The minimum Gasteiger partial charge on any atom is -0.497 e. The number of ether oxygens (including phenoxy) is 1. The Bertz CT molecular complexity index is 1660. The molecule has 0 bridgehead atoms. The van der Waals surface area contributed by atoms with Crippen LogP contribution in [0.3, 0.4) is 0 Å². The van der Waals surface area contributed by atoms with Crippen molar-refractivity contribution in [1.82, 2.24) is 9.55 Å². The molecule has 1 saturated heterocycles. The molecule has 1 aliphatic rings. The second-order valence-electron chi connectivity index (χ2n) is 8.77. The number of carbonyl (C=O) groups excluding carboxylic acids is 1. The van der Waals surface area contributed by atoms with Gasteiger partial charge in [-0.15, -0.1) is 0 Å². The van der Waals surface area contributed by atoms with Crippen LogP contribution in [0.5, 0.6) is 5.75 Å². The third-order valence-electron chi connectivity index (χ3n) is 6.48. The zero-order valence-corrected chi connectivity index (χ0v) is 20.5. The monoisotopic (exact) mass is 509 g/mol. The summed E-state index contributed by atoms with van der Waals surface area (Å²) in [5.74, 6) is -0.462. The number of nitrogens with one attached hydrogen (secondary N) is 1. The Morgan fingerprint density at radius 3 is 2.56 bits per heavy atom. The number of amides is 1. The van der Waals surface area contributed by atoms with E-state index in [0.717, 1.165) is 6.26 Å². The molecule has 2 heterocycles. The smallest absolute Gasteiger partial charge is 0.327 e. The van der Waals surface area contributed by atoms with E-state index in [9.17, 15) is 18.0 Å². The molecule has 10 heteroatoms. The molecule has 3 aromatic carbocycles. The lowest BCUT2D eigenvalue weighted by Crippen LogP contribution is -2.44. The fourth-order valence-corrected chi connectivity index (χ4v) is 5.71. The summed E-state index contributed by atoms with van der Waals surface area (Å²) < 4.78 is 46.4. The van der Waals surface area contributed by atoms with Gasteiger partial charge in [-0.1, -0.05) is 24.3 Å². The number of hydrogen-bond donors (Lipinski definition) is 1. The molecule has 0 spiro atoms. The summed E-state index contributed by atoms with van der Waals surface area (Å²) >= 11 is 0. The zero-order chi connectivity index (χ0) is 25.6. The van der Waals surface area contributed by atoms with Gasteiger partial charge in [-0.25, -0.2) is 17.6 Å². The van der Waals surface area contributed by atoms with Crippen LogP contribution in [0.1, 0.15) is 18.9 Å². The number of aromatic nitrogens is 2. The fourth-order valence-electron chi connectivity index (χ4n) is 4.80. The molecule has 0 saturated carbocycles. The van der Waals surface area contributed by atoms with E-state index in [2.05, 4.69) is 4.98 Å². The van der Waals surface area contributed by atoms with E-state index >= 15 is 4.39 Å². The summed E-state index contributed by atoms with van der Waals surface area (Å²) in [5, 5.41) is 0. The quantitative estimate of drug-likeness (QED) is 0.440. The molecule has 1 aromatic heterocycles. The van der Waals surface area contributed by atoms with Crippen molar-refractivity contribution < 1.29 is 22.3 Å². The molecule has 0 radical (unpaired) electrons. The number of fused-ring (bicyclic) bond motifs is 1. The second-order valence-corrected chi connectivity index (χ2v) is 10.7. The van der Waals surface area contributed by atoms with Crippen molar-refractivity contribution in [2.24, 2.45) is 0 Å². The maximum atomic E-state index is 15.4. The Morgan fingerprint density at radius 2 is 1.83 bits per heavy atom. The first-order valence-corrected chi connectivity index (χ1v) is 13.3. The molecule has 8 nitrogen and oxygen atoms in total. The van der Waals surface area contributed by atoms with Crippen LogP contribution in [0.2, 0.25) is 0 Å². The summed E-state index contributed by atoms with van der Waals surface area (Å²) in [5.41, 5.74) is 1.54. The van der Waals surface area contributed by atoms with Crippen LogP contribution in [-0.4, -0.2) is 43.8 Å². The van der Waals surface area contributed by atoms with E-state index in [1.165, 1.54) is 34.8 Å². The van der Waals surface area contributed by atoms with E-state index in [-0.39, 0.29) is 16.5 Å². The maximum Gasteiger partial charge on any atom is 0.327 e. The van der Waals surface area contributed by atoms with Crippen molar-refractivity contribution in [3.05, 3.63) is 77.0 Å². The normalized spacial score (nSPS) is 16.5. The average molecular weight is 510 g/mol. The minimum absolute atomic E-state index is 0.0832. The molecule has 1 N–H and O–H groups in total. The summed E-state index contributed by atoms with van der Waals surface area (Å²) in [6.07, 6.45) is 2.12. The number of imidazole rings is 1. The Hall–Kier alpha value is -3.92. The molecule has 0 aliphatic carbocycles. The second kappa shape index (κ2) is 8.94. The Morgan fingerprint density at radius 1 is 1.06 bits per heavy atom. The number of carbonyl (C=O) groups is 1. The Kier molecular flexibility index (Phi) is 5.91. The van der Waals surface area contributed by atoms with Crippen LogP contribution in [0.15, 0.2) is 70.4 Å². The van der Waals surface area contributed by atoms with Crippen molar-refractivity contribution >= 4 is 32.5 Å². The summed E-state index contributed by atoms with van der Waals surface area (Å²) in [6, 6.07) is 15.0. The highest BCUT2D eigenvalue weighted by Crippen LogP contribution is 2.34. The number of nitrogens with zero attached hydrogens (tertiary/aromatic N) is 2. The van der Waals surface area contributed by atoms with Gasteiger partial charge in [0.25, 0.3) is 0 Å². The molecule has 36 heavy (non-hydrogen) atoms. The number of hydrogen-bond acceptors (Lipinski definition) is 5. The number of rotatable bonds is 5. The van der Waals surface area contributed by atoms with Gasteiger partial charge in [-0.3, -0.25) is 9.36 Å². The SMILES string of the molecule is COc1ccc2c(c1)[nH]c(=O)n2C1CCCN(c2ccc(-c3ccccc3S(C)(=O)=O)cc2F)C1=O. The standard InChI is InChI=1S/C26H24FN3O5S/c1-35-17-10-12-22-20(15-17)28-26(32)30(22)23-7-5-13-29(25(23)31)21-11-9-16(14-19(21)27)18-6-3-4-8-24(18)36(2,33)34/h3-4,6,8-12,14-15,23H,5,7,13H2,1-2H3,(H,28,32). The number of anilines is 1. The Balaban J connectivity index is 1.51. The van der Waals surface area contributed by atoms with Crippen molar-refractivity contribution in [3.8, 4) is 16.9 Å². The minimum atomic E-state index is -3.52. The van der Waals surface area contributed by atoms with Crippen LogP contribution in [0.25, 0.3) is 22.2 Å². The van der Waals surface area contributed by atoms with Gasteiger partial charge < -0.3 is 14.6 Å². The predicted octanol–water partition coefficient (Wildman–Crippen LogP) is 3.92. The van der Waals surface area contributed by atoms with Gasteiger partial charge in [0.2, 0.25) is 5.91 Å². The third-order valence-corrected chi connectivity index (χ3v) is 7.64. The van der Waals surface area contributed by atoms with Gasteiger partial charge in [0.1, 0.15) is 17.6 Å². The van der Waals surface area contributed by atoms with E-state index < -0.39 is 27.4 Å². The van der Waals surface area contributed by atoms with E-state index in [0.29, 0.717) is 47.3 Å². The summed E-state index contributed by atoms with van der Waals surface area (Å²) in [7, 11) is -2.00. The van der Waals surface area contributed by atoms with Gasteiger partial charge in [0, 0.05) is 24.4 Å². The van der Waals surface area contributed by atoms with Crippen molar-refractivity contribution in [2.75, 3.05) is 24.8 Å². The number of benzene rings is 3. The van der Waals surface area contributed by atoms with Gasteiger partial charge in [-0.05, 0) is 48.7 Å². The number of methoxy groups -OCH3 is 1. The molecule has 1 fully saturated rings. The first-order valence-electron chi connectivity index (χ1n) is 11.4. The number of sulfone groups is 1. The van der Waals surface area contributed by atoms with Crippen LogP contribution < -0.4 is 15.3 Å². The molecule has 4 aromatic rings. The summed E-state index contributed by atoms with van der Waals surface area (Å²) in [4.78, 5) is 30.5. The summed E-state index contributed by atoms with van der Waals surface area (Å²) in [6.45, 7) is 0.302. The third kappa shape index (κ3) is 4.07. The largest absolute Gasteiger partial charge is 0.497 e. The van der Waals surface area contributed by atoms with Crippen LogP contribution in [0.4, 0.5) is 10.1 Å². The van der Waals surface area contributed by atoms with Crippen LogP contribution >= 0.6 is 0 Å². The molecular formula is C26H24FN3O5S. The number of piperidine rings is 1. The first-order chi connectivity index (χ1) is 17.2. The topological polar surface area (TPSA) is 101 Å². The van der Waals surface area contributed by atoms with E-state index in [1.54, 1.807) is 42.5 Å². The first kappa shape index (κ1) is 23.8. The number of halogens is 1. The lowest BCUT2D eigenvalue weighted by atomic mass is 10.0. The van der Waals surface area contributed by atoms with Crippen LogP contribution in [0, 0.1) is 5.82 Å². The Labute approximate surface area is 206 Å². The highest BCUT2D eigenvalue weighted by atomic mass is 32.2. The van der Waals surface area contributed by atoms with E-state index in [1.807, 2.05) is 0 Å². The molecule has 186 valence electrons. The zero-order valence-electron chi connectivity index (χ0n) is 19.7. The maximum absolute atomic E-state index is 15.4. The van der Waals surface area contributed by atoms with E-state index in [4.69, 9.17) is 4.74 Å². The highest BCUT2D eigenvalue weighted by molar-refractivity contribution is 7.90. The number of H-pyrrole nitrogens is 1. The molecule has 1 atom stereocenters.